The molecule has 0 fully saturated rings. The van der Waals surface area contributed by atoms with E-state index < -0.39 is 5.41 Å². The Kier molecular flexibility index (Phi) is 6.94. The lowest BCUT2D eigenvalue weighted by atomic mass is 9.70. The van der Waals surface area contributed by atoms with Crippen molar-refractivity contribution >= 4 is 16.9 Å². The van der Waals surface area contributed by atoms with Crippen molar-refractivity contribution in [2.75, 3.05) is 4.90 Å². The summed E-state index contributed by atoms with van der Waals surface area (Å²) in [6.07, 6.45) is 2.39. The van der Waals surface area contributed by atoms with Crippen LogP contribution in [0.15, 0.2) is 187 Å². The van der Waals surface area contributed by atoms with E-state index >= 15 is 0 Å². The molecule has 0 N–H and O–H groups in total. The van der Waals surface area contributed by atoms with Crippen LogP contribution in [0.3, 0.4) is 0 Å². The van der Waals surface area contributed by atoms with Gasteiger partial charge >= 0.3 is 0 Å². The molecule has 7 aromatic carbocycles. The average Bonchev–Trinajstić information content (AvgIpc) is 3.77. The highest BCUT2D eigenvalue weighted by Crippen LogP contribution is 2.64. The number of rotatable bonds is 4. The highest BCUT2D eigenvalue weighted by atomic mass is 15.2. The molecule has 1 heteroatoms. The minimum atomic E-state index is -0.415. The Balaban J connectivity index is 1.28. The third-order valence-electron chi connectivity index (χ3n) is 12.3. The Morgan fingerprint density at radius 3 is 1.57 bits per heavy atom. The van der Waals surface area contributed by atoms with Crippen LogP contribution in [-0.4, -0.2) is 0 Å². The Hall–Kier alpha value is -6.18. The van der Waals surface area contributed by atoms with Gasteiger partial charge in [-0.25, -0.2) is 0 Å². The maximum atomic E-state index is 2.54. The van der Waals surface area contributed by atoms with Crippen molar-refractivity contribution in [1.82, 2.24) is 0 Å². The van der Waals surface area contributed by atoms with Gasteiger partial charge in [0.25, 0.3) is 0 Å². The number of para-hydroxylation sites is 1. The molecule has 0 saturated heterocycles. The van der Waals surface area contributed by atoms with Crippen molar-refractivity contribution in [2.24, 2.45) is 0 Å². The Labute approximate surface area is 313 Å². The standard InChI is InChI=1S/C52H41N/c1-5-43-50(42-25-12-17-29-47(42)52(43)45-27-15-10-23-39(45)40-24-11-16-28-46(40)52)34(2)53(49-30-18-13-21-37(49)35-19-7-6-8-20-35)36-31-32-41-38-22-9-14-26-44(38)51(3,4)48(41)33-36/h5-33H,1-4H3/b43-5?,50-34+. The van der Waals surface area contributed by atoms with Gasteiger partial charge in [-0.05, 0) is 98.8 Å². The third kappa shape index (κ3) is 4.25. The van der Waals surface area contributed by atoms with Gasteiger partial charge in [-0.15, -0.1) is 0 Å². The summed E-state index contributed by atoms with van der Waals surface area (Å²) in [6, 6.07) is 63.1. The van der Waals surface area contributed by atoms with E-state index in [9.17, 15) is 0 Å². The quantitative estimate of drug-likeness (QED) is 0.179. The van der Waals surface area contributed by atoms with Gasteiger partial charge in [-0.3, -0.25) is 0 Å². The van der Waals surface area contributed by atoms with E-state index in [0.717, 1.165) is 5.69 Å². The second-order valence-electron chi connectivity index (χ2n) is 15.2. The molecule has 0 radical (unpaired) electrons. The van der Waals surface area contributed by atoms with Gasteiger partial charge in [0.05, 0.1) is 11.1 Å². The molecule has 3 aliphatic carbocycles. The number of benzene rings is 7. The maximum Gasteiger partial charge on any atom is 0.0723 e. The molecule has 1 nitrogen and oxygen atoms in total. The van der Waals surface area contributed by atoms with Crippen LogP contribution in [0.1, 0.15) is 61.1 Å². The van der Waals surface area contributed by atoms with Crippen molar-refractivity contribution in [3.63, 3.8) is 0 Å². The van der Waals surface area contributed by atoms with E-state index in [4.69, 9.17) is 0 Å². The molecule has 0 aromatic heterocycles. The molecular formula is C52H41N. The average molecular weight is 680 g/mol. The molecular weight excluding hydrogens is 639 g/mol. The molecule has 0 atom stereocenters. The molecule has 0 heterocycles. The number of hydrogen-bond donors (Lipinski definition) is 0. The molecule has 0 amide bonds. The topological polar surface area (TPSA) is 3.24 Å². The zero-order valence-corrected chi connectivity index (χ0v) is 30.7. The second-order valence-corrected chi connectivity index (χ2v) is 15.2. The molecule has 0 saturated carbocycles. The molecule has 0 aliphatic heterocycles. The second kappa shape index (κ2) is 11.7. The zero-order valence-electron chi connectivity index (χ0n) is 30.7. The third-order valence-corrected chi connectivity index (χ3v) is 12.3. The molecule has 0 bridgehead atoms. The lowest BCUT2D eigenvalue weighted by Gasteiger charge is -2.33. The monoisotopic (exact) mass is 679 g/mol. The maximum absolute atomic E-state index is 2.54. The number of anilines is 2. The van der Waals surface area contributed by atoms with E-state index in [1.165, 1.54) is 89.3 Å². The lowest BCUT2D eigenvalue weighted by molar-refractivity contribution is 0.660. The first-order chi connectivity index (χ1) is 26.0. The fraction of sp³-hybridized carbons (Fsp3) is 0.115. The summed E-state index contributed by atoms with van der Waals surface area (Å²) in [5, 5.41) is 0. The van der Waals surface area contributed by atoms with Gasteiger partial charge in [-0.2, -0.15) is 0 Å². The first-order valence-corrected chi connectivity index (χ1v) is 18.8. The molecule has 1 spiro atoms. The minimum absolute atomic E-state index is 0.122. The number of allylic oxidation sites excluding steroid dienone is 4. The van der Waals surface area contributed by atoms with Crippen LogP contribution < -0.4 is 4.90 Å². The van der Waals surface area contributed by atoms with Gasteiger partial charge in [0.15, 0.2) is 0 Å². The van der Waals surface area contributed by atoms with E-state index in [-0.39, 0.29) is 5.41 Å². The van der Waals surface area contributed by atoms with Gasteiger partial charge in [0.2, 0.25) is 0 Å². The predicted octanol–water partition coefficient (Wildman–Crippen LogP) is 13.5. The van der Waals surface area contributed by atoms with E-state index in [2.05, 4.69) is 209 Å². The van der Waals surface area contributed by atoms with Crippen molar-refractivity contribution in [3.8, 4) is 33.4 Å². The van der Waals surface area contributed by atoms with E-state index in [1.807, 2.05) is 0 Å². The van der Waals surface area contributed by atoms with Crippen LogP contribution in [0.25, 0.3) is 39.0 Å². The summed E-state index contributed by atoms with van der Waals surface area (Å²) in [7, 11) is 0. The van der Waals surface area contributed by atoms with Crippen molar-refractivity contribution < 1.29 is 0 Å². The van der Waals surface area contributed by atoms with Gasteiger partial charge in [0.1, 0.15) is 0 Å². The highest BCUT2D eigenvalue weighted by Gasteiger charge is 2.53. The van der Waals surface area contributed by atoms with Crippen LogP contribution >= 0.6 is 0 Å². The Morgan fingerprint density at radius 2 is 0.943 bits per heavy atom. The lowest BCUT2D eigenvalue weighted by Crippen LogP contribution is -2.26. The Morgan fingerprint density at radius 1 is 0.472 bits per heavy atom. The van der Waals surface area contributed by atoms with Crippen LogP contribution in [0.4, 0.5) is 11.4 Å². The molecule has 53 heavy (non-hydrogen) atoms. The minimum Gasteiger partial charge on any atom is -0.313 e. The molecule has 0 unspecified atom stereocenters. The van der Waals surface area contributed by atoms with Crippen LogP contribution in [0, 0.1) is 0 Å². The smallest absolute Gasteiger partial charge is 0.0723 e. The number of hydrogen-bond acceptors (Lipinski definition) is 1. The van der Waals surface area contributed by atoms with Crippen molar-refractivity contribution in [2.45, 2.75) is 38.5 Å². The molecule has 3 aliphatic rings. The zero-order chi connectivity index (χ0) is 35.9. The molecule has 254 valence electrons. The van der Waals surface area contributed by atoms with Gasteiger partial charge in [0, 0.05) is 27.9 Å². The highest BCUT2D eigenvalue weighted by molar-refractivity contribution is 6.02. The van der Waals surface area contributed by atoms with Crippen LogP contribution in [0.5, 0.6) is 0 Å². The summed E-state index contributed by atoms with van der Waals surface area (Å²) < 4.78 is 0. The fourth-order valence-corrected chi connectivity index (χ4v) is 10.1. The van der Waals surface area contributed by atoms with Crippen molar-refractivity contribution in [3.05, 3.63) is 221 Å². The summed E-state index contributed by atoms with van der Waals surface area (Å²) in [4.78, 5) is 2.54. The Bertz CT molecular complexity index is 2620. The summed E-state index contributed by atoms with van der Waals surface area (Å²) in [6.45, 7) is 9.32. The number of fused-ring (bicyclic) bond motifs is 10. The van der Waals surface area contributed by atoms with E-state index in [1.54, 1.807) is 0 Å². The summed E-state index contributed by atoms with van der Waals surface area (Å²) in [5.74, 6) is 0. The van der Waals surface area contributed by atoms with Gasteiger partial charge < -0.3 is 4.90 Å². The SMILES string of the molecule is CC=C1/C(=C(\C)N(c2ccc3c(c2)C(C)(C)c2ccccc2-3)c2ccccc2-c2ccccc2)c2ccccc2C12c1ccccc1-c1ccccc12. The van der Waals surface area contributed by atoms with Gasteiger partial charge in [-0.1, -0.05) is 172 Å². The van der Waals surface area contributed by atoms with Crippen LogP contribution in [0.2, 0.25) is 0 Å². The largest absolute Gasteiger partial charge is 0.313 e. The predicted molar refractivity (Wildman–Crippen MR) is 223 cm³/mol. The van der Waals surface area contributed by atoms with Crippen molar-refractivity contribution in [1.29, 1.82) is 0 Å². The normalized spacial score (nSPS) is 16.9. The fourth-order valence-electron chi connectivity index (χ4n) is 10.1. The summed E-state index contributed by atoms with van der Waals surface area (Å²) in [5.41, 5.74) is 21.5. The number of nitrogens with zero attached hydrogens (tertiary/aromatic N) is 1. The van der Waals surface area contributed by atoms with Crippen LogP contribution in [-0.2, 0) is 10.8 Å². The summed E-state index contributed by atoms with van der Waals surface area (Å²) >= 11 is 0. The first-order valence-electron chi connectivity index (χ1n) is 18.8. The molecule has 7 aromatic rings. The van der Waals surface area contributed by atoms with E-state index in [0.29, 0.717) is 0 Å². The molecule has 10 rings (SSSR count). The first kappa shape index (κ1) is 31.5.